The summed E-state index contributed by atoms with van der Waals surface area (Å²) < 4.78 is 0. The highest BCUT2D eigenvalue weighted by atomic mass is 16.2. The topological polar surface area (TPSA) is 81.1 Å². The zero-order valence-electron chi connectivity index (χ0n) is 7.92. The number of nitrogens with one attached hydrogen (secondary N) is 1. The fourth-order valence-electron chi connectivity index (χ4n) is 1.17. The van der Waals surface area contributed by atoms with Gasteiger partial charge < -0.3 is 16.8 Å². The molecule has 1 unspecified atom stereocenters. The third kappa shape index (κ3) is 2.02. The third-order valence-electron chi connectivity index (χ3n) is 2.36. The number of hydrogen-bond donors (Lipinski definition) is 3. The van der Waals surface area contributed by atoms with Crippen LogP contribution in [-0.2, 0) is 4.79 Å². The highest BCUT2D eigenvalue weighted by Gasteiger charge is 2.16. The molecule has 13 heavy (non-hydrogen) atoms. The maximum Gasteiger partial charge on any atom is 0.272 e. The molecule has 1 amide bonds. The molecule has 1 rings (SSSR count). The van der Waals surface area contributed by atoms with E-state index in [0.717, 1.165) is 12.0 Å². The molecule has 0 aromatic carbocycles. The molecule has 4 nitrogen and oxygen atoms in total. The van der Waals surface area contributed by atoms with E-state index in [1.165, 1.54) is 0 Å². The first-order valence-corrected chi connectivity index (χ1v) is 4.25. The Kier molecular flexibility index (Phi) is 2.60. The number of allylic oxidation sites excluding steroid dienone is 2. The summed E-state index contributed by atoms with van der Waals surface area (Å²) in [4.78, 5) is 11.3. The number of rotatable bonds is 0. The molecule has 0 aliphatic carbocycles. The number of amides is 1. The molecule has 0 spiro atoms. The molecule has 72 valence electrons. The predicted molar refractivity (Wildman–Crippen MR) is 51.1 cm³/mol. The maximum atomic E-state index is 11.3. The fourth-order valence-corrected chi connectivity index (χ4v) is 1.17. The molecular formula is C9H15N3O. The van der Waals surface area contributed by atoms with Gasteiger partial charge in [0.15, 0.2) is 0 Å². The molecule has 0 saturated carbocycles. The van der Waals surface area contributed by atoms with Gasteiger partial charge in [-0.2, -0.15) is 0 Å². The van der Waals surface area contributed by atoms with Crippen molar-refractivity contribution in [1.29, 1.82) is 0 Å². The molecule has 4 heteroatoms. The minimum absolute atomic E-state index is 0.268. The molecular weight excluding hydrogens is 166 g/mol. The average molecular weight is 181 g/mol. The minimum atomic E-state index is -0.308. The first-order valence-electron chi connectivity index (χ1n) is 4.25. The van der Waals surface area contributed by atoms with Crippen molar-refractivity contribution in [2.24, 2.45) is 17.4 Å². The van der Waals surface area contributed by atoms with Gasteiger partial charge in [0, 0.05) is 0 Å². The van der Waals surface area contributed by atoms with Crippen LogP contribution in [0.2, 0.25) is 0 Å². The average Bonchev–Trinajstić information content (AvgIpc) is 2.10. The van der Waals surface area contributed by atoms with Crippen LogP contribution in [0.5, 0.6) is 0 Å². The molecule has 0 aromatic heterocycles. The highest BCUT2D eigenvalue weighted by Crippen LogP contribution is 2.18. The second-order valence-electron chi connectivity index (χ2n) is 3.35. The van der Waals surface area contributed by atoms with Gasteiger partial charge in [0.25, 0.3) is 5.91 Å². The van der Waals surface area contributed by atoms with E-state index in [9.17, 15) is 4.79 Å². The number of hydrogen-bond acceptors (Lipinski definition) is 3. The smallest absolute Gasteiger partial charge is 0.272 e. The van der Waals surface area contributed by atoms with Crippen molar-refractivity contribution in [3.05, 3.63) is 23.2 Å². The van der Waals surface area contributed by atoms with E-state index in [0.29, 0.717) is 5.82 Å². The van der Waals surface area contributed by atoms with Crippen LogP contribution >= 0.6 is 0 Å². The molecule has 1 aliphatic heterocycles. The van der Waals surface area contributed by atoms with Gasteiger partial charge in [-0.25, -0.2) is 0 Å². The lowest BCUT2D eigenvalue weighted by Gasteiger charge is -2.17. The first-order chi connectivity index (χ1) is 6.02. The molecule has 1 heterocycles. The van der Waals surface area contributed by atoms with Gasteiger partial charge in [0.1, 0.15) is 0 Å². The summed E-state index contributed by atoms with van der Waals surface area (Å²) in [6.45, 7) is 3.89. The summed E-state index contributed by atoms with van der Waals surface area (Å²) in [6.07, 6.45) is 2.61. The van der Waals surface area contributed by atoms with Gasteiger partial charge in [0.2, 0.25) is 0 Å². The number of carbonyl (C=O) groups excluding carboxylic acids is 1. The fraction of sp³-hybridized carbons (Fsp3) is 0.444. The highest BCUT2D eigenvalue weighted by molar-refractivity contribution is 5.94. The largest absolute Gasteiger partial charge is 0.394 e. The molecule has 0 radical (unpaired) electrons. The summed E-state index contributed by atoms with van der Waals surface area (Å²) in [6, 6.07) is 0. The van der Waals surface area contributed by atoms with Crippen molar-refractivity contribution >= 4 is 5.91 Å². The van der Waals surface area contributed by atoms with Crippen LogP contribution in [0.4, 0.5) is 0 Å². The molecule has 0 fully saturated rings. The Bertz CT molecular complexity index is 291. The van der Waals surface area contributed by atoms with Crippen LogP contribution in [0, 0.1) is 5.92 Å². The van der Waals surface area contributed by atoms with Crippen LogP contribution in [0.1, 0.15) is 20.3 Å². The van der Waals surface area contributed by atoms with Crippen molar-refractivity contribution in [2.45, 2.75) is 20.3 Å². The quantitative estimate of drug-likeness (QED) is 0.498. The zero-order chi connectivity index (χ0) is 10.0. The van der Waals surface area contributed by atoms with Crippen LogP contribution in [-0.4, -0.2) is 5.91 Å². The van der Waals surface area contributed by atoms with E-state index >= 15 is 0 Å². The van der Waals surface area contributed by atoms with E-state index in [1.807, 2.05) is 13.8 Å². The van der Waals surface area contributed by atoms with Gasteiger partial charge >= 0.3 is 0 Å². The molecule has 1 atom stereocenters. The lowest BCUT2D eigenvalue weighted by atomic mass is 9.96. The Labute approximate surface area is 77.7 Å². The number of carbonyl (C=O) groups is 1. The van der Waals surface area contributed by atoms with E-state index in [-0.39, 0.29) is 17.5 Å². The summed E-state index contributed by atoms with van der Waals surface area (Å²) >= 11 is 0. The first kappa shape index (κ1) is 9.64. The Hall–Kier alpha value is -1.45. The molecule has 5 N–H and O–H groups in total. The Morgan fingerprint density at radius 1 is 1.54 bits per heavy atom. The van der Waals surface area contributed by atoms with Gasteiger partial charge in [-0.3, -0.25) is 4.79 Å². The van der Waals surface area contributed by atoms with Crippen molar-refractivity contribution in [2.75, 3.05) is 0 Å². The monoisotopic (exact) mass is 181 g/mol. The summed E-state index contributed by atoms with van der Waals surface area (Å²) in [5.74, 6) is 0.342. The molecule has 0 saturated heterocycles. The van der Waals surface area contributed by atoms with E-state index in [4.69, 9.17) is 11.5 Å². The van der Waals surface area contributed by atoms with Crippen LogP contribution < -0.4 is 16.8 Å². The zero-order valence-corrected chi connectivity index (χ0v) is 7.92. The SMILES string of the molecule is C/C1=C(\N)C(=O)N/C(N)=C/CC1C. The molecule has 0 bridgehead atoms. The van der Waals surface area contributed by atoms with E-state index < -0.39 is 0 Å². The lowest BCUT2D eigenvalue weighted by Crippen LogP contribution is -2.34. The lowest BCUT2D eigenvalue weighted by molar-refractivity contribution is -0.117. The van der Waals surface area contributed by atoms with Crippen molar-refractivity contribution in [1.82, 2.24) is 5.32 Å². The van der Waals surface area contributed by atoms with Crippen molar-refractivity contribution in [3.8, 4) is 0 Å². The Morgan fingerprint density at radius 2 is 2.15 bits per heavy atom. The molecule has 0 aromatic rings. The van der Waals surface area contributed by atoms with Crippen molar-refractivity contribution < 1.29 is 4.79 Å². The van der Waals surface area contributed by atoms with Gasteiger partial charge in [-0.1, -0.05) is 6.92 Å². The Balaban J connectivity index is 2.98. The standard InChI is InChI=1S/C9H15N3O/c1-5-3-4-7(10)12-9(13)8(11)6(5)2/h4-5H,3,10-11H2,1-2H3,(H,12,13)/b7-4+,8-6+. The predicted octanol–water partition coefficient (Wildman–Crippen LogP) is 0.175. The Morgan fingerprint density at radius 3 is 2.77 bits per heavy atom. The van der Waals surface area contributed by atoms with Crippen LogP contribution in [0.3, 0.4) is 0 Å². The summed E-state index contributed by atoms with van der Waals surface area (Å²) in [7, 11) is 0. The van der Waals surface area contributed by atoms with Crippen LogP contribution in [0.15, 0.2) is 23.2 Å². The molecule has 1 aliphatic rings. The van der Waals surface area contributed by atoms with Crippen LogP contribution in [0.25, 0.3) is 0 Å². The summed E-state index contributed by atoms with van der Waals surface area (Å²) in [5, 5.41) is 2.50. The maximum absolute atomic E-state index is 11.3. The second kappa shape index (κ2) is 3.51. The van der Waals surface area contributed by atoms with E-state index in [1.54, 1.807) is 6.08 Å². The van der Waals surface area contributed by atoms with Crippen molar-refractivity contribution in [3.63, 3.8) is 0 Å². The second-order valence-corrected chi connectivity index (χ2v) is 3.35. The van der Waals surface area contributed by atoms with Gasteiger partial charge in [0.05, 0.1) is 11.5 Å². The minimum Gasteiger partial charge on any atom is -0.394 e. The number of nitrogens with two attached hydrogens (primary N) is 2. The summed E-state index contributed by atoms with van der Waals surface area (Å²) in [5.41, 5.74) is 12.3. The van der Waals surface area contributed by atoms with E-state index in [2.05, 4.69) is 5.32 Å². The third-order valence-corrected chi connectivity index (χ3v) is 2.36. The normalized spacial score (nSPS) is 34.2. The van der Waals surface area contributed by atoms with Gasteiger partial charge in [-0.05, 0) is 30.9 Å². The van der Waals surface area contributed by atoms with Gasteiger partial charge in [-0.15, -0.1) is 0 Å².